The molecule has 1 saturated heterocycles. The van der Waals surface area contributed by atoms with Gasteiger partial charge >= 0.3 is 0 Å². The van der Waals surface area contributed by atoms with Crippen molar-refractivity contribution < 1.29 is 22.0 Å². The number of anilines is 1. The predicted octanol–water partition coefficient (Wildman–Crippen LogP) is 4.01. The molecule has 0 spiro atoms. The van der Waals surface area contributed by atoms with E-state index < -0.39 is 32.5 Å². The molecular weight excluding hydrogens is 444 g/mol. The number of carbonyl (C=O) groups excluding carboxylic acids is 1. The van der Waals surface area contributed by atoms with Crippen LogP contribution in [0.2, 0.25) is 0 Å². The van der Waals surface area contributed by atoms with Crippen molar-refractivity contribution in [1.82, 2.24) is 4.31 Å². The van der Waals surface area contributed by atoms with Gasteiger partial charge in [-0.15, -0.1) is 11.8 Å². The van der Waals surface area contributed by atoms with Gasteiger partial charge in [0.05, 0.1) is 11.8 Å². The van der Waals surface area contributed by atoms with Crippen molar-refractivity contribution >= 4 is 33.4 Å². The van der Waals surface area contributed by atoms with Gasteiger partial charge in [0.25, 0.3) is 0 Å². The highest BCUT2D eigenvalue weighted by Gasteiger charge is 2.34. The monoisotopic (exact) mass is 465 g/mol. The Hall–Kier alpha value is -2.48. The minimum atomic E-state index is -4.19. The lowest BCUT2D eigenvalue weighted by Crippen LogP contribution is -2.41. The number of nitrogens with zero attached hydrogens (tertiary/aromatic N) is 2. The molecule has 1 heterocycles. The molecule has 6 nitrogen and oxygen atoms in total. The number of hydrogen-bond acceptors (Lipinski definition) is 5. The lowest BCUT2D eigenvalue weighted by atomic mass is 9.97. The van der Waals surface area contributed by atoms with E-state index in [1.54, 1.807) is 12.1 Å². The van der Waals surface area contributed by atoms with Gasteiger partial charge in [-0.1, -0.05) is 12.1 Å². The molecule has 0 aromatic heterocycles. The molecule has 1 N–H and O–H groups in total. The number of sulfonamides is 1. The van der Waals surface area contributed by atoms with Gasteiger partial charge in [-0.2, -0.15) is 9.57 Å². The predicted molar refractivity (Wildman–Crippen MR) is 114 cm³/mol. The molecule has 0 unspecified atom stereocenters. The Morgan fingerprint density at radius 3 is 2.61 bits per heavy atom. The topological polar surface area (TPSA) is 90.3 Å². The zero-order valence-electron chi connectivity index (χ0n) is 16.6. The lowest BCUT2D eigenvalue weighted by Gasteiger charge is -2.30. The van der Waals surface area contributed by atoms with Crippen LogP contribution in [0, 0.1) is 28.9 Å². The summed E-state index contributed by atoms with van der Waals surface area (Å²) in [5.41, 5.74) is 0.646. The second-order valence-electron chi connectivity index (χ2n) is 7.00. The molecule has 31 heavy (non-hydrogen) atoms. The average molecular weight is 466 g/mol. The summed E-state index contributed by atoms with van der Waals surface area (Å²) in [7, 11) is -4.19. The highest BCUT2D eigenvalue weighted by molar-refractivity contribution is 7.99. The van der Waals surface area contributed by atoms with Gasteiger partial charge in [-0.25, -0.2) is 17.2 Å². The van der Waals surface area contributed by atoms with Crippen LogP contribution in [-0.4, -0.2) is 37.5 Å². The lowest BCUT2D eigenvalue weighted by molar-refractivity contribution is -0.120. The van der Waals surface area contributed by atoms with E-state index >= 15 is 0 Å². The van der Waals surface area contributed by atoms with Crippen molar-refractivity contribution in [1.29, 1.82) is 5.26 Å². The number of piperidine rings is 1. The smallest absolute Gasteiger partial charge is 0.246 e. The normalized spacial score (nSPS) is 15.4. The van der Waals surface area contributed by atoms with Crippen LogP contribution in [0.5, 0.6) is 0 Å². The number of amides is 1. The third-order valence-electron chi connectivity index (χ3n) is 4.95. The maximum Gasteiger partial charge on any atom is 0.246 e. The third kappa shape index (κ3) is 5.61. The van der Waals surface area contributed by atoms with E-state index in [1.807, 2.05) is 12.1 Å². The largest absolute Gasteiger partial charge is 0.325 e. The first-order chi connectivity index (χ1) is 14.8. The fraction of sp³-hybridized carbons (Fsp3) is 0.333. The molecule has 10 heteroatoms. The van der Waals surface area contributed by atoms with Crippen molar-refractivity contribution in [2.75, 3.05) is 24.2 Å². The molecule has 2 aromatic rings. The number of para-hydroxylation sites is 1. The van der Waals surface area contributed by atoms with Gasteiger partial charge in [-0.3, -0.25) is 4.79 Å². The van der Waals surface area contributed by atoms with E-state index in [4.69, 9.17) is 5.26 Å². The SMILES string of the molecule is N#CCCSc1ccccc1NC(=O)C1CCN(S(=O)(=O)c2cc(F)ccc2F)CC1. The van der Waals surface area contributed by atoms with Crippen LogP contribution in [-0.2, 0) is 14.8 Å². The molecule has 1 fully saturated rings. The first-order valence-electron chi connectivity index (χ1n) is 9.68. The van der Waals surface area contributed by atoms with Gasteiger partial charge in [0.15, 0.2) is 0 Å². The Bertz CT molecular complexity index is 1100. The Balaban J connectivity index is 1.63. The summed E-state index contributed by atoms with van der Waals surface area (Å²) >= 11 is 1.47. The van der Waals surface area contributed by atoms with Crippen molar-refractivity contribution in [3.05, 3.63) is 54.1 Å². The fourth-order valence-corrected chi connectivity index (χ4v) is 5.72. The number of nitrogens with one attached hydrogen (secondary N) is 1. The first kappa shape index (κ1) is 23.2. The van der Waals surface area contributed by atoms with Crippen molar-refractivity contribution in [2.45, 2.75) is 29.1 Å². The minimum Gasteiger partial charge on any atom is -0.325 e. The number of thioether (sulfide) groups is 1. The maximum atomic E-state index is 14.0. The molecular formula is C21H21F2N3O3S2. The highest BCUT2D eigenvalue weighted by Crippen LogP contribution is 2.30. The standard InChI is InChI=1S/C21H21F2N3O3S2/c22-16-6-7-17(23)20(14-16)31(28,29)26-11-8-15(9-12-26)21(27)25-18-4-1-2-5-19(18)30-13-3-10-24/h1-2,4-7,14-15H,3,8-9,11-13H2,(H,25,27). The number of benzene rings is 2. The molecule has 0 bridgehead atoms. The van der Waals surface area contributed by atoms with E-state index in [1.165, 1.54) is 11.8 Å². The summed E-state index contributed by atoms with van der Waals surface area (Å²) in [5, 5.41) is 11.6. The van der Waals surface area contributed by atoms with E-state index in [9.17, 15) is 22.0 Å². The number of hydrogen-bond donors (Lipinski definition) is 1. The fourth-order valence-electron chi connectivity index (χ4n) is 3.31. The summed E-state index contributed by atoms with van der Waals surface area (Å²) in [6.45, 7) is 0.0733. The number of carbonyl (C=O) groups is 1. The summed E-state index contributed by atoms with van der Waals surface area (Å²) in [6, 6.07) is 11.7. The molecule has 164 valence electrons. The van der Waals surface area contributed by atoms with Gasteiger partial charge in [0, 0.05) is 36.1 Å². The van der Waals surface area contributed by atoms with E-state index in [0.29, 0.717) is 23.9 Å². The number of halogens is 2. The maximum absolute atomic E-state index is 14.0. The summed E-state index contributed by atoms with van der Waals surface area (Å²) < 4.78 is 53.9. The molecule has 2 aromatic carbocycles. The molecule has 0 saturated carbocycles. The number of nitriles is 1. The minimum absolute atomic E-state index is 0.0366. The van der Waals surface area contributed by atoms with Crippen LogP contribution >= 0.6 is 11.8 Å². The van der Waals surface area contributed by atoms with Crippen molar-refractivity contribution in [3.63, 3.8) is 0 Å². The first-order valence-corrected chi connectivity index (χ1v) is 12.1. The molecule has 3 rings (SSSR count). The van der Waals surface area contributed by atoms with E-state index in [0.717, 1.165) is 21.3 Å². The molecule has 1 aliphatic rings. The van der Waals surface area contributed by atoms with Crippen LogP contribution in [0.25, 0.3) is 0 Å². The van der Waals surface area contributed by atoms with Crippen molar-refractivity contribution in [3.8, 4) is 6.07 Å². The van der Waals surface area contributed by atoms with Crippen LogP contribution < -0.4 is 5.32 Å². The van der Waals surface area contributed by atoms with Crippen LogP contribution in [0.15, 0.2) is 52.3 Å². The summed E-state index contributed by atoms with van der Waals surface area (Å²) in [6.07, 6.45) is 0.934. The van der Waals surface area contributed by atoms with Gasteiger partial charge < -0.3 is 5.32 Å². The molecule has 0 atom stereocenters. The van der Waals surface area contributed by atoms with E-state index in [-0.39, 0.29) is 31.8 Å². The zero-order valence-corrected chi connectivity index (χ0v) is 18.2. The highest BCUT2D eigenvalue weighted by atomic mass is 32.2. The molecule has 0 aliphatic carbocycles. The Morgan fingerprint density at radius 2 is 1.90 bits per heavy atom. The third-order valence-corrected chi connectivity index (χ3v) is 7.94. The second kappa shape index (κ2) is 10.2. The summed E-state index contributed by atoms with van der Waals surface area (Å²) in [4.78, 5) is 12.9. The van der Waals surface area contributed by atoms with Crippen molar-refractivity contribution in [2.24, 2.45) is 5.92 Å². The summed E-state index contributed by atoms with van der Waals surface area (Å²) in [5.74, 6) is -1.85. The zero-order chi connectivity index (χ0) is 22.4. The Kier molecular flexibility index (Phi) is 7.64. The van der Waals surface area contributed by atoms with Crippen LogP contribution in [0.4, 0.5) is 14.5 Å². The quantitative estimate of drug-likeness (QED) is 0.493. The van der Waals surface area contributed by atoms with Gasteiger partial charge in [0.1, 0.15) is 16.5 Å². The molecule has 1 aliphatic heterocycles. The van der Waals surface area contributed by atoms with Crippen LogP contribution in [0.1, 0.15) is 19.3 Å². The average Bonchev–Trinajstić information content (AvgIpc) is 2.76. The Labute approximate surface area is 184 Å². The Morgan fingerprint density at radius 1 is 1.19 bits per heavy atom. The second-order valence-corrected chi connectivity index (χ2v) is 10.0. The molecule has 1 amide bonds. The van der Waals surface area contributed by atoms with E-state index in [2.05, 4.69) is 11.4 Å². The molecule has 0 radical (unpaired) electrons. The van der Waals surface area contributed by atoms with Gasteiger partial charge in [-0.05, 0) is 43.2 Å². The number of rotatable bonds is 7. The van der Waals surface area contributed by atoms with Gasteiger partial charge in [0.2, 0.25) is 15.9 Å². The van der Waals surface area contributed by atoms with Crippen LogP contribution in [0.3, 0.4) is 0 Å².